The first-order chi connectivity index (χ1) is 9.57. The number of rotatable bonds is 7. The van der Waals surface area contributed by atoms with E-state index in [4.69, 9.17) is 16.3 Å². The summed E-state index contributed by atoms with van der Waals surface area (Å²) >= 11 is 5.77. The topological polar surface area (TPSA) is 58.6 Å². The average Bonchev–Trinajstić information content (AvgIpc) is 2.41. The van der Waals surface area contributed by atoms with E-state index in [0.717, 1.165) is 25.0 Å². The molecule has 1 amide bonds. The lowest BCUT2D eigenvalue weighted by Gasteiger charge is -2.36. The number of halogens is 1. The van der Waals surface area contributed by atoms with E-state index >= 15 is 0 Å². The van der Waals surface area contributed by atoms with Gasteiger partial charge in [0, 0.05) is 18.0 Å². The number of nitrogens with one attached hydrogen (secondary N) is 1. The highest BCUT2D eigenvalue weighted by molar-refractivity contribution is 6.30. The van der Waals surface area contributed by atoms with Crippen LogP contribution in [0, 0.1) is 0 Å². The standard InChI is InChI=1S/C15H20ClNO3/c16-12-4-6-13(7-5-12)20-10-1-3-14(18)17-11-15(19)8-2-9-15/h4-7,19H,1-3,8-11H2,(H,17,18). The molecule has 20 heavy (non-hydrogen) atoms. The average molecular weight is 298 g/mol. The molecule has 110 valence electrons. The Hall–Kier alpha value is -1.26. The number of carbonyl (C=O) groups is 1. The largest absolute Gasteiger partial charge is 0.494 e. The molecule has 1 fully saturated rings. The third-order valence-electron chi connectivity index (χ3n) is 3.53. The van der Waals surface area contributed by atoms with Crippen molar-refractivity contribution in [2.45, 2.75) is 37.7 Å². The number of ether oxygens (including phenoxy) is 1. The molecule has 0 unspecified atom stereocenters. The highest BCUT2D eigenvalue weighted by Crippen LogP contribution is 2.30. The molecular formula is C15H20ClNO3. The Morgan fingerprint density at radius 1 is 1.35 bits per heavy atom. The molecule has 0 aromatic heterocycles. The quantitative estimate of drug-likeness (QED) is 0.760. The van der Waals surface area contributed by atoms with Crippen molar-refractivity contribution in [1.82, 2.24) is 5.32 Å². The van der Waals surface area contributed by atoms with Gasteiger partial charge in [-0.15, -0.1) is 0 Å². The van der Waals surface area contributed by atoms with Crippen molar-refractivity contribution < 1.29 is 14.6 Å². The summed E-state index contributed by atoms with van der Waals surface area (Å²) in [6.45, 7) is 0.850. The number of amides is 1. The molecule has 0 atom stereocenters. The minimum atomic E-state index is -0.657. The van der Waals surface area contributed by atoms with Crippen molar-refractivity contribution in [3.63, 3.8) is 0 Å². The van der Waals surface area contributed by atoms with E-state index in [2.05, 4.69) is 5.32 Å². The Labute approximate surface area is 124 Å². The maximum Gasteiger partial charge on any atom is 0.220 e. The van der Waals surface area contributed by atoms with Crippen LogP contribution in [-0.4, -0.2) is 29.8 Å². The van der Waals surface area contributed by atoms with Gasteiger partial charge in [-0.3, -0.25) is 4.79 Å². The van der Waals surface area contributed by atoms with Crippen molar-refractivity contribution in [2.75, 3.05) is 13.2 Å². The van der Waals surface area contributed by atoms with Gasteiger partial charge in [-0.05, 0) is 49.9 Å². The van der Waals surface area contributed by atoms with E-state index in [0.29, 0.717) is 31.0 Å². The molecular weight excluding hydrogens is 278 g/mol. The molecule has 1 saturated carbocycles. The lowest BCUT2D eigenvalue weighted by molar-refractivity contribution is -0.123. The first-order valence-corrected chi connectivity index (χ1v) is 7.33. The highest BCUT2D eigenvalue weighted by atomic mass is 35.5. The number of hydrogen-bond acceptors (Lipinski definition) is 3. The van der Waals surface area contributed by atoms with E-state index < -0.39 is 5.60 Å². The van der Waals surface area contributed by atoms with E-state index in [9.17, 15) is 9.90 Å². The van der Waals surface area contributed by atoms with E-state index in [1.165, 1.54) is 0 Å². The predicted molar refractivity (Wildman–Crippen MR) is 78.0 cm³/mol. The second kappa shape index (κ2) is 6.95. The van der Waals surface area contributed by atoms with Crippen molar-refractivity contribution in [3.8, 4) is 5.75 Å². The van der Waals surface area contributed by atoms with Crippen LogP contribution >= 0.6 is 11.6 Å². The summed E-state index contributed by atoms with van der Waals surface area (Å²) in [5.74, 6) is 0.712. The van der Waals surface area contributed by atoms with Gasteiger partial charge >= 0.3 is 0 Å². The van der Waals surface area contributed by atoms with Crippen LogP contribution in [0.2, 0.25) is 5.02 Å². The van der Waals surface area contributed by atoms with Gasteiger partial charge in [-0.1, -0.05) is 11.6 Å². The van der Waals surface area contributed by atoms with Crippen LogP contribution in [0.1, 0.15) is 32.1 Å². The molecule has 2 rings (SSSR count). The van der Waals surface area contributed by atoms with Gasteiger partial charge in [0.2, 0.25) is 5.91 Å². The first kappa shape index (κ1) is 15.1. The van der Waals surface area contributed by atoms with Crippen LogP contribution in [0.3, 0.4) is 0 Å². The summed E-state index contributed by atoms with van der Waals surface area (Å²) in [6, 6.07) is 7.13. The smallest absolute Gasteiger partial charge is 0.220 e. The van der Waals surface area contributed by atoms with Crippen LogP contribution < -0.4 is 10.1 Å². The Morgan fingerprint density at radius 2 is 2.05 bits per heavy atom. The van der Waals surface area contributed by atoms with Crippen molar-refractivity contribution in [3.05, 3.63) is 29.3 Å². The number of aliphatic hydroxyl groups is 1. The SMILES string of the molecule is O=C(CCCOc1ccc(Cl)cc1)NCC1(O)CCC1. The van der Waals surface area contributed by atoms with Crippen molar-refractivity contribution in [2.24, 2.45) is 0 Å². The molecule has 1 aromatic carbocycles. The fraction of sp³-hybridized carbons (Fsp3) is 0.533. The van der Waals surface area contributed by atoms with E-state index in [-0.39, 0.29) is 5.91 Å². The zero-order chi connectivity index (χ0) is 14.4. The predicted octanol–water partition coefficient (Wildman–Crippen LogP) is 2.53. The molecule has 0 saturated heterocycles. The molecule has 1 aromatic rings. The Bertz CT molecular complexity index is 443. The first-order valence-electron chi connectivity index (χ1n) is 6.95. The van der Waals surface area contributed by atoms with Gasteiger partial charge in [0.05, 0.1) is 12.2 Å². The maximum absolute atomic E-state index is 11.6. The molecule has 5 heteroatoms. The number of hydrogen-bond donors (Lipinski definition) is 2. The summed E-state index contributed by atoms with van der Waals surface area (Å²) in [5, 5.41) is 13.3. The van der Waals surface area contributed by atoms with Crippen LogP contribution in [0.4, 0.5) is 0 Å². The number of benzene rings is 1. The summed E-state index contributed by atoms with van der Waals surface area (Å²) in [5.41, 5.74) is -0.657. The van der Waals surface area contributed by atoms with Crippen LogP contribution in [0.15, 0.2) is 24.3 Å². The second-order valence-corrected chi connectivity index (χ2v) is 5.70. The molecule has 0 bridgehead atoms. The summed E-state index contributed by atoms with van der Waals surface area (Å²) in [7, 11) is 0. The molecule has 1 aliphatic carbocycles. The summed E-state index contributed by atoms with van der Waals surface area (Å²) in [4.78, 5) is 11.6. The zero-order valence-corrected chi connectivity index (χ0v) is 12.2. The van der Waals surface area contributed by atoms with Gasteiger partial charge in [0.25, 0.3) is 0 Å². The minimum Gasteiger partial charge on any atom is -0.494 e. The van der Waals surface area contributed by atoms with Gasteiger partial charge in [-0.25, -0.2) is 0 Å². The minimum absolute atomic E-state index is 0.0370. The van der Waals surface area contributed by atoms with Crippen LogP contribution in [0.25, 0.3) is 0 Å². The van der Waals surface area contributed by atoms with Gasteiger partial charge in [-0.2, -0.15) is 0 Å². The maximum atomic E-state index is 11.6. The molecule has 0 aliphatic heterocycles. The molecule has 4 nitrogen and oxygen atoms in total. The molecule has 0 radical (unpaired) electrons. The van der Waals surface area contributed by atoms with Crippen LogP contribution in [0.5, 0.6) is 5.75 Å². The molecule has 0 heterocycles. The lowest BCUT2D eigenvalue weighted by atomic mass is 9.80. The molecule has 0 spiro atoms. The molecule has 2 N–H and O–H groups in total. The zero-order valence-electron chi connectivity index (χ0n) is 11.4. The fourth-order valence-electron chi connectivity index (χ4n) is 2.07. The second-order valence-electron chi connectivity index (χ2n) is 5.26. The van der Waals surface area contributed by atoms with Gasteiger partial charge < -0.3 is 15.2 Å². The van der Waals surface area contributed by atoms with Crippen LogP contribution in [-0.2, 0) is 4.79 Å². The Balaban J connectivity index is 1.56. The van der Waals surface area contributed by atoms with E-state index in [1.54, 1.807) is 24.3 Å². The third-order valence-corrected chi connectivity index (χ3v) is 3.78. The third kappa shape index (κ3) is 4.69. The monoisotopic (exact) mass is 297 g/mol. The lowest BCUT2D eigenvalue weighted by Crippen LogP contribution is -2.47. The number of carbonyl (C=O) groups excluding carboxylic acids is 1. The normalized spacial score (nSPS) is 16.3. The summed E-state index contributed by atoms with van der Waals surface area (Å²) < 4.78 is 5.50. The fourth-order valence-corrected chi connectivity index (χ4v) is 2.19. The Kier molecular flexibility index (Phi) is 5.26. The van der Waals surface area contributed by atoms with E-state index in [1.807, 2.05) is 0 Å². The van der Waals surface area contributed by atoms with Gasteiger partial charge in [0.1, 0.15) is 5.75 Å². The summed E-state index contributed by atoms with van der Waals surface area (Å²) in [6.07, 6.45) is 3.66. The van der Waals surface area contributed by atoms with Crippen molar-refractivity contribution >= 4 is 17.5 Å². The molecule has 1 aliphatic rings. The van der Waals surface area contributed by atoms with Gasteiger partial charge in [0.15, 0.2) is 0 Å². The Morgan fingerprint density at radius 3 is 2.65 bits per heavy atom. The highest BCUT2D eigenvalue weighted by Gasteiger charge is 2.34. The van der Waals surface area contributed by atoms with Crippen molar-refractivity contribution in [1.29, 1.82) is 0 Å².